The summed E-state index contributed by atoms with van der Waals surface area (Å²) in [4.78, 5) is -2.42. The van der Waals surface area contributed by atoms with E-state index in [0.717, 1.165) is 36.4 Å². The minimum Gasteiger partial charge on any atom is -0.744 e. The van der Waals surface area contributed by atoms with Gasteiger partial charge in [0.25, 0.3) is 0 Å². The van der Waals surface area contributed by atoms with E-state index in [-0.39, 0.29) is 32.7 Å². The summed E-state index contributed by atoms with van der Waals surface area (Å²) >= 11 is 0. The average molecular weight is 614 g/mol. The zero-order chi connectivity index (χ0) is 25.4. The standard InChI is InChI=1S/3C6H5FO3S.Y/c3*7-5-3-1-2-4-6(5)11(8,9)10;/h3*1-4H,(H,8,9,10);/q;;;+3/p-3. The van der Waals surface area contributed by atoms with E-state index in [1.54, 1.807) is 0 Å². The molecule has 0 bridgehead atoms. The molecule has 180 valence electrons. The predicted molar refractivity (Wildman–Crippen MR) is 103 cm³/mol. The van der Waals surface area contributed by atoms with Gasteiger partial charge in [-0.1, -0.05) is 36.4 Å². The first-order chi connectivity index (χ1) is 15.0. The second kappa shape index (κ2) is 13.4. The minimum absolute atomic E-state index is 0. The molecule has 0 saturated carbocycles. The molecule has 0 fully saturated rings. The van der Waals surface area contributed by atoms with Crippen LogP contribution in [-0.4, -0.2) is 38.9 Å². The molecule has 0 spiro atoms. The Morgan fingerprint density at radius 3 is 0.735 bits per heavy atom. The first-order valence-electron chi connectivity index (χ1n) is 8.16. The molecule has 0 unspecified atom stereocenters. The van der Waals surface area contributed by atoms with Crippen molar-refractivity contribution in [2.75, 3.05) is 0 Å². The topological polar surface area (TPSA) is 172 Å². The van der Waals surface area contributed by atoms with Crippen molar-refractivity contribution in [3.63, 3.8) is 0 Å². The molecule has 0 N–H and O–H groups in total. The van der Waals surface area contributed by atoms with Crippen LogP contribution in [0.1, 0.15) is 0 Å². The van der Waals surface area contributed by atoms with Gasteiger partial charge in [0.05, 0.1) is 14.7 Å². The van der Waals surface area contributed by atoms with Gasteiger partial charge in [0, 0.05) is 0 Å². The van der Waals surface area contributed by atoms with Gasteiger partial charge in [0.1, 0.15) is 47.8 Å². The Bertz CT molecular complexity index is 1250. The van der Waals surface area contributed by atoms with Crippen LogP contribution < -0.4 is 0 Å². The van der Waals surface area contributed by atoms with Crippen LogP contribution in [0, 0.1) is 17.5 Å². The van der Waals surface area contributed by atoms with Gasteiger partial charge in [0.15, 0.2) is 0 Å². The summed E-state index contributed by atoms with van der Waals surface area (Å²) in [5, 5.41) is 0. The van der Waals surface area contributed by atoms with Gasteiger partial charge in [-0.15, -0.1) is 0 Å². The van der Waals surface area contributed by atoms with Crippen molar-refractivity contribution in [3.05, 3.63) is 90.2 Å². The van der Waals surface area contributed by atoms with Gasteiger partial charge in [-0.2, -0.15) is 0 Å². The molecule has 3 aromatic carbocycles. The van der Waals surface area contributed by atoms with Crippen molar-refractivity contribution in [3.8, 4) is 0 Å². The van der Waals surface area contributed by atoms with Crippen molar-refractivity contribution in [2.45, 2.75) is 14.7 Å². The maximum absolute atomic E-state index is 12.5. The maximum Gasteiger partial charge on any atom is 3.00 e. The molecule has 0 aliphatic carbocycles. The van der Waals surface area contributed by atoms with Crippen LogP contribution in [0.15, 0.2) is 87.5 Å². The van der Waals surface area contributed by atoms with Gasteiger partial charge in [-0.25, -0.2) is 38.4 Å². The number of halogens is 3. The maximum atomic E-state index is 12.5. The third-order valence-corrected chi connectivity index (χ3v) is 5.93. The Kier molecular flexibility index (Phi) is 12.7. The van der Waals surface area contributed by atoms with E-state index in [4.69, 9.17) is 0 Å². The van der Waals surface area contributed by atoms with E-state index in [9.17, 15) is 52.1 Å². The number of rotatable bonds is 3. The molecule has 3 rings (SSSR count). The molecule has 3 aromatic rings. The third kappa shape index (κ3) is 10.7. The van der Waals surface area contributed by atoms with Gasteiger partial charge >= 0.3 is 32.7 Å². The van der Waals surface area contributed by atoms with E-state index in [0.29, 0.717) is 0 Å². The Hall–Kier alpha value is -1.72. The monoisotopic (exact) mass is 614 g/mol. The summed E-state index contributed by atoms with van der Waals surface area (Å²) < 4.78 is 130. The van der Waals surface area contributed by atoms with Crippen molar-refractivity contribution in [1.29, 1.82) is 0 Å². The van der Waals surface area contributed by atoms with Gasteiger partial charge < -0.3 is 13.7 Å². The zero-order valence-electron chi connectivity index (χ0n) is 16.5. The quantitative estimate of drug-likeness (QED) is 0.401. The van der Waals surface area contributed by atoms with Crippen LogP contribution in [0.25, 0.3) is 0 Å². The first kappa shape index (κ1) is 32.3. The molecule has 34 heavy (non-hydrogen) atoms. The average Bonchev–Trinajstić information content (AvgIpc) is 2.67. The zero-order valence-corrected chi connectivity index (χ0v) is 21.8. The molecule has 0 heterocycles. The Morgan fingerprint density at radius 1 is 0.441 bits per heavy atom. The minimum atomic E-state index is -4.66. The van der Waals surface area contributed by atoms with Gasteiger partial charge in [-0.05, 0) is 36.4 Å². The van der Waals surface area contributed by atoms with Crippen molar-refractivity contribution in [2.24, 2.45) is 0 Å². The van der Waals surface area contributed by atoms with Crippen LogP contribution >= 0.6 is 0 Å². The van der Waals surface area contributed by atoms with Crippen LogP contribution in [0.4, 0.5) is 13.2 Å². The SMILES string of the molecule is O=S(=O)([O-])c1ccccc1F.O=S(=O)([O-])c1ccccc1F.O=S(=O)([O-])c1ccccc1F.[Y+3]. The van der Waals surface area contributed by atoms with Crippen LogP contribution in [0.2, 0.25) is 0 Å². The van der Waals surface area contributed by atoms with E-state index >= 15 is 0 Å². The first-order valence-corrected chi connectivity index (χ1v) is 12.4. The molecule has 0 aliphatic heterocycles. The summed E-state index contributed by atoms with van der Waals surface area (Å²) in [5.74, 6) is -3.03. The second-order valence-electron chi connectivity index (χ2n) is 5.65. The molecule has 0 aromatic heterocycles. The Labute approximate surface area is 218 Å². The van der Waals surface area contributed by atoms with Crippen molar-refractivity contribution in [1.82, 2.24) is 0 Å². The van der Waals surface area contributed by atoms with Crippen LogP contribution in [0.3, 0.4) is 0 Å². The summed E-state index contributed by atoms with van der Waals surface area (Å²) in [6.07, 6.45) is 0. The van der Waals surface area contributed by atoms with E-state index in [1.807, 2.05) is 0 Å². The van der Waals surface area contributed by atoms with Gasteiger partial charge in [0.2, 0.25) is 0 Å². The van der Waals surface area contributed by atoms with Crippen LogP contribution in [0.5, 0.6) is 0 Å². The summed E-state index contributed by atoms with van der Waals surface area (Å²) in [6, 6.07) is 13.3. The Morgan fingerprint density at radius 2 is 0.618 bits per heavy atom. The molecule has 0 atom stereocenters. The summed E-state index contributed by atoms with van der Waals surface area (Å²) in [6.45, 7) is 0. The number of benzene rings is 3. The largest absolute Gasteiger partial charge is 3.00 e. The fraction of sp³-hybridized carbons (Fsp3) is 0. The molecular weight excluding hydrogens is 602 g/mol. The van der Waals surface area contributed by atoms with Crippen LogP contribution in [-0.2, 0) is 63.1 Å². The van der Waals surface area contributed by atoms with E-state index in [1.165, 1.54) is 36.4 Å². The third-order valence-electron chi connectivity index (χ3n) is 3.32. The molecule has 16 heteroatoms. The molecule has 0 amide bonds. The van der Waals surface area contributed by atoms with Gasteiger partial charge in [-0.3, -0.25) is 0 Å². The van der Waals surface area contributed by atoms with Crippen molar-refractivity contribution >= 4 is 30.4 Å². The normalized spacial score (nSPS) is 11.1. The number of hydrogen-bond donors (Lipinski definition) is 0. The smallest absolute Gasteiger partial charge is 0.744 e. The Balaban J connectivity index is 0.000000473. The summed E-state index contributed by atoms with van der Waals surface area (Å²) in [5.41, 5.74) is 0. The molecular formula is C18H12F3O9S3Y. The molecule has 0 radical (unpaired) electrons. The number of hydrogen-bond acceptors (Lipinski definition) is 9. The molecule has 9 nitrogen and oxygen atoms in total. The fourth-order valence-electron chi connectivity index (χ4n) is 1.94. The molecule has 0 saturated heterocycles. The van der Waals surface area contributed by atoms with E-state index in [2.05, 4.69) is 0 Å². The predicted octanol–water partition coefficient (Wildman–Crippen LogP) is 2.19. The van der Waals surface area contributed by atoms with Crippen molar-refractivity contribution < 1.29 is 84.8 Å². The molecule has 0 aliphatic rings. The second-order valence-corrected chi connectivity index (χ2v) is 9.70. The fourth-order valence-corrected chi connectivity index (χ4v) is 3.60. The summed E-state index contributed by atoms with van der Waals surface area (Å²) in [7, 11) is -14.0. The van der Waals surface area contributed by atoms with E-state index < -0.39 is 62.5 Å².